The summed E-state index contributed by atoms with van der Waals surface area (Å²) < 4.78 is 49.1. The van der Waals surface area contributed by atoms with Crippen LogP contribution in [0.4, 0.5) is 12.9 Å². The van der Waals surface area contributed by atoms with Gasteiger partial charge in [-0.15, -0.1) is 5.46 Å². The summed E-state index contributed by atoms with van der Waals surface area (Å²) in [4.78, 5) is 4.07. The minimum Gasteiger partial charge on any atom is -0.464 e. The molecule has 3 rings (SSSR count). The second-order valence-corrected chi connectivity index (χ2v) is 4.64. The third-order valence-corrected chi connectivity index (χ3v) is 3.15. The smallest absolute Gasteiger partial charge is 0.464 e. The van der Waals surface area contributed by atoms with Crippen LogP contribution in [0.5, 0.6) is 11.6 Å². The molecule has 1 aromatic carbocycles. The number of ether oxygens (including phenoxy) is 1. The van der Waals surface area contributed by atoms with E-state index >= 15 is 0 Å². The highest BCUT2D eigenvalue weighted by molar-refractivity contribution is 6.74. The summed E-state index contributed by atoms with van der Waals surface area (Å²) in [5, 5.41) is 0.666. The molecule has 0 unspecified atom stereocenters. The van der Waals surface area contributed by atoms with Crippen LogP contribution in [-0.4, -0.2) is 12.0 Å². The first kappa shape index (κ1) is 13.5. The Bertz CT molecular complexity index is 798. The molecule has 108 valence electrons. The Morgan fingerprint density at radius 2 is 1.95 bits per heavy atom. The van der Waals surface area contributed by atoms with Crippen LogP contribution in [0.3, 0.4) is 0 Å². The molecule has 0 aliphatic heterocycles. The van der Waals surface area contributed by atoms with E-state index in [4.69, 9.17) is 9.15 Å². The Labute approximate surface area is 118 Å². The van der Waals surface area contributed by atoms with Gasteiger partial charge in [0.1, 0.15) is 11.3 Å². The van der Waals surface area contributed by atoms with Crippen molar-refractivity contribution in [3.63, 3.8) is 0 Å². The first-order chi connectivity index (χ1) is 9.95. The van der Waals surface area contributed by atoms with Gasteiger partial charge in [0.15, 0.2) is 0 Å². The lowest BCUT2D eigenvalue weighted by Crippen LogP contribution is -2.35. The SMILES string of the molecule is Cc1cc(Oc2nccc3occc23)ccc1[B-](F)(F)F. The van der Waals surface area contributed by atoms with Crippen LogP contribution in [0.25, 0.3) is 11.0 Å². The van der Waals surface area contributed by atoms with Gasteiger partial charge in [-0.05, 0) is 31.2 Å². The van der Waals surface area contributed by atoms with Crippen molar-refractivity contribution in [3.8, 4) is 11.6 Å². The molecule has 0 radical (unpaired) electrons. The maximum Gasteiger partial charge on any atom is 0.509 e. The third kappa shape index (κ3) is 2.59. The van der Waals surface area contributed by atoms with E-state index in [1.54, 1.807) is 12.1 Å². The highest BCUT2D eigenvalue weighted by Gasteiger charge is 2.27. The largest absolute Gasteiger partial charge is 0.509 e. The third-order valence-electron chi connectivity index (χ3n) is 3.15. The fourth-order valence-electron chi connectivity index (χ4n) is 2.14. The molecule has 3 aromatic rings. The molecule has 0 amide bonds. The monoisotopic (exact) mass is 292 g/mol. The van der Waals surface area contributed by atoms with Gasteiger partial charge in [0.2, 0.25) is 5.88 Å². The number of furan rings is 1. The lowest BCUT2D eigenvalue weighted by Gasteiger charge is -2.18. The zero-order valence-corrected chi connectivity index (χ0v) is 11.0. The highest BCUT2D eigenvalue weighted by atomic mass is 19.4. The molecule has 2 aromatic heterocycles. The quantitative estimate of drug-likeness (QED) is 0.685. The number of aromatic nitrogens is 1. The zero-order valence-electron chi connectivity index (χ0n) is 11.0. The second-order valence-electron chi connectivity index (χ2n) is 4.64. The second kappa shape index (κ2) is 4.84. The van der Waals surface area contributed by atoms with E-state index in [2.05, 4.69) is 4.98 Å². The number of fused-ring (bicyclic) bond motifs is 1. The topological polar surface area (TPSA) is 35.3 Å². The number of nitrogens with zero attached hydrogens (tertiary/aromatic N) is 1. The van der Waals surface area contributed by atoms with Crippen molar-refractivity contribution in [2.24, 2.45) is 0 Å². The van der Waals surface area contributed by atoms with Crippen molar-refractivity contribution in [2.45, 2.75) is 6.92 Å². The Kier molecular flexibility index (Phi) is 3.12. The number of rotatable bonds is 3. The van der Waals surface area contributed by atoms with E-state index in [1.807, 2.05) is 0 Å². The molecular weight excluding hydrogens is 282 g/mol. The molecule has 21 heavy (non-hydrogen) atoms. The van der Waals surface area contributed by atoms with E-state index in [0.717, 1.165) is 6.07 Å². The predicted octanol–water partition coefficient (Wildman–Crippen LogP) is 3.98. The average molecular weight is 292 g/mol. The number of hydrogen-bond acceptors (Lipinski definition) is 3. The van der Waals surface area contributed by atoms with Crippen LogP contribution in [0, 0.1) is 6.92 Å². The zero-order chi connectivity index (χ0) is 15.0. The van der Waals surface area contributed by atoms with Crippen LogP contribution >= 0.6 is 0 Å². The van der Waals surface area contributed by atoms with Gasteiger partial charge < -0.3 is 22.1 Å². The maximum atomic E-state index is 12.8. The number of aryl methyl sites for hydroxylation is 1. The van der Waals surface area contributed by atoms with Crippen molar-refractivity contribution in [1.82, 2.24) is 4.98 Å². The summed E-state index contributed by atoms with van der Waals surface area (Å²) in [5.41, 5.74) is 0.114. The van der Waals surface area contributed by atoms with Gasteiger partial charge >= 0.3 is 6.98 Å². The molecule has 0 bridgehead atoms. The van der Waals surface area contributed by atoms with Crippen molar-refractivity contribution in [1.29, 1.82) is 0 Å². The molecule has 2 heterocycles. The molecule has 0 saturated heterocycles. The van der Waals surface area contributed by atoms with Crippen molar-refractivity contribution >= 4 is 23.4 Å². The molecular formula is C14H10BF3NO2-. The van der Waals surface area contributed by atoms with E-state index in [9.17, 15) is 12.9 Å². The van der Waals surface area contributed by atoms with Gasteiger partial charge in [-0.3, -0.25) is 0 Å². The molecule has 0 aliphatic rings. The van der Waals surface area contributed by atoms with Crippen LogP contribution in [0.15, 0.2) is 47.2 Å². The Morgan fingerprint density at radius 1 is 1.14 bits per heavy atom. The molecule has 0 atom stereocenters. The summed E-state index contributed by atoms with van der Waals surface area (Å²) >= 11 is 0. The molecule has 3 nitrogen and oxygen atoms in total. The summed E-state index contributed by atoms with van der Waals surface area (Å²) in [5.74, 6) is 0.600. The summed E-state index contributed by atoms with van der Waals surface area (Å²) in [6.45, 7) is -3.61. The van der Waals surface area contributed by atoms with Gasteiger partial charge in [0.25, 0.3) is 0 Å². The fourth-order valence-corrected chi connectivity index (χ4v) is 2.14. The van der Waals surface area contributed by atoms with Crippen LogP contribution in [0.1, 0.15) is 5.56 Å². The van der Waals surface area contributed by atoms with Gasteiger partial charge in [0, 0.05) is 6.20 Å². The van der Waals surface area contributed by atoms with Gasteiger partial charge in [-0.25, -0.2) is 4.98 Å². The lowest BCUT2D eigenvalue weighted by molar-refractivity contribution is 0.468. The molecule has 0 saturated carbocycles. The number of halogens is 3. The lowest BCUT2D eigenvalue weighted by atomic mass is 9.77. The van der Waals surface area contributed by atoms with Gasteiger partial charge in [0.05, 0.1) is 11.6 Å². The predicted molar refractivity (Wildman–Crippen MR) is 74.0 cm³/mol. The Hall–Kier alpha value is -2.44. The number of benzene rings is 1. The normalized spacial score (nSPS) is 11.8. The van der Waals surface area contributed by atoms with Crippen molar-refractivity contribution in [3.05, 3.63) is 48.4 Å². The van der Waals surface area contributed by atoms with Gasteiger partial charge in [-0.1, -0.05) is 11.6 Å². The minimum atomic E-state index is -5.02. The Balaban J connectivity index is 1.96. The highest BCUT2D eigenvalue weighted by Crippen LogP contribution is 2.28. The summed E-state index contributed by atoms with van der Waals surface area (Å²) in [6.07, 6.45) is 3.01. The number of pyridine rings is 1. The molecule has 0 fully saturated rings. The van der Waals surface area contributed by atoms with Gasteiger partial charge in [-0.2, -0.15) is 0 Å². The van der Waals surface area contributed by atoms with Crippen molar-refractivity contribution in [2.75, 3.05) is 0 Å². The van der Waals surface area contributed by atoms with E-state index in [-0.39, 0.29) is 5.56 Å². The summed E-state index contributed by atoms with van der Waals surface area (Å²) in [6, 6.07) is 7.05. The van der Waals surface area contributed by atoms with Crippen LogP contribution < -0.4 is 10.2 Å². The number of hydrogen-bond donors (Lipinski definition) is 0. The van der Waals surface area contributed by atoms with Crippen LogP contribution in [-0.2, 0) is 0 Å². The molecule has 0 spiro atoms. The summed E-state index contributed by atoms with van der Waals surface area (Å²) in [7, 11) is 0. The average Bonchev–Trinajstić information content (AvgIpc) is 2.86. The first-order valence-electron chi connectivity index (χ1n) is 6.26. The fraction of sp³-hybridized carbons (Fsp3) is 0.0714. The van der Waals surface area contributed by atoms with E-state index in [1.165, 1.54) is 31.5 Å². The van der Waals surface area contributed by atoms with E-state index < -0.39 is 12.4 Å². The Morgan fingerprint density at radius 3 is 2.67 bits per heavy atom. The van der Waals surface area contributed by atoms with Crippen LogP contribution in [0.2, 0.25) is 0 Å². The standard InChI is InChI=1S/C14H10BF3NO2/c1-9-8-10(2-3-12(9)15(16,17)18)21-14-11-5-7-20-13(11)4-6-19-14/h2-8H,1H3/q-1. The minimum absolute atomic E-state index is 0.124. The van der Waals surface area contributed by atoms with E-state index in [0.29, 0.717) is 22.6 Å². The molecule has 0 aliphatic carbocycles. The van der Waals surface area contributed by atoms with Crippen molar-refractivity contribution < 1.29 is 22.1 Å². The first-order valence-corrected chi connectivity index (χ1v) is 6.26. The molecule has 0 N–H and O–H groups in total. The molecule has 7 heteroatoms. The maximum absolute atomic E-state index is 12.8.